The van der Waals surface area contributed by atoms with Crippen molar-refractivity contribution < 1.29 is 0 Å². The number of nitrogens with zero attached hydrogens (tertiary/aromatic N) is 1. The van der Waals surface area contributed by atoms with Gasteiger partial charge in [0.05, 0.1) is 0 Å². The van der Waals surface area contributed by atoms with Gasteiger partial charge in [-0.15, -0.1) is 6.58 Å². The van der Waals surface area contributed by atoms with E-state index in [2.05, 4.69) is 45.7 Å². The van der Waals surface area contributed by atoms with Crippen LogP contribution in [0.4, 0.5) is 0 Å². The van der Waals surface area contributed by atoms with Crippen LogP contribution in [-0.4, -0.2) is 6.21 Å². The third kappa shape index (κ3) is 1.68. The molecule has 1 nitrogen and oxygen atoms in total. The van der Waals surface area contributed by atoms with E-state index in [-0.39, 0.29) is 0 Å². The van der Waals surface area contributed by atoms with E-state index in [9.17, 15) is 0 Å². The van der Waals surface area contributed by atoms with Gasteiger partial charge in [0.25, 0.3) is 0 Å². The lowest BCUT2D eigenvalue weighted by atomic mass is 9.90. The molecule has 0 aromatic heterocycles. The van der Waals surface area contributed by atoms with E-state index in [4.69, 9.17) is 0 Å². The maximum absolute atomic E-state index is 4.24. The van der Waals surface area contributed by atoms with Crippen molar-refractivity contribution in [3.05, 3.63) is 35.5 Å². The molecule has 68 valence electrons. The Morgan fingerprint density at radius 2 is 2.38 bits per heavy atom. The topological polar surface area (TPSA) is 12.4 Å². The van der Waals surface area contributed by atoms with Crippen molar-refractivity contribution in [3.8, 4) is 0 Å². The van der Waals surface area contributed by atoms with Crippen molar-refractivity contribution in [3.63, 3.8) is 0 Å². The van der Waals surface area contributed by atoms with Crippen molar-refractivity contribution in [2.24, 2.45) is 16.3 Å². The first kappa shape index (κ1) is 8.95. The van der Waals surface area contributed by atoms with Crippen molar-refractivity contribution in [2.75, 3.05) is 0 Å². The number of hydrogen-bond acceptors (Lipinski definition) is 1. The van der Waals surface area contributed by atoms with Gasteiger partial charge in [0.2, 0.25) is 0 Å². The zero-order chi connectivity index (χ0) is 9.31. The fraction of sp³-hybridized carbons (Fsp3) is 0.364. The summed E-state index contributed by atoms with van der Waals surface area (Å²) >= 11 is 3.41. The van der Waals surface area contributed by atoms with Crippen LogP contribution in [0, 0.1) is 11.3 Å². The standard InChI is InChI=1S/C11H12BrN/c1-2-11(5-6-11)9-3-4-10(12)8-13-7-9/h2-4,7-9H,1,5-6H2. The van der Waals surface area contributed by atoms with E-state index in [1.807, 2.05) is 12.4 Å². The molecule has 2 rings (SSSR count). The third-order valence-corrected chi connectivity index (χ3v) is 3.27. The van der Waals surface area contributed by atoms with Gasteiger partial charge in [0.1, 0.15) is 0 Å². The molecule has 2 aliphatic rings. The van der Waals surface area contributed by atoms with Gasteiger partial charge in [-0.25, -0.2) is 0 Å². The molecule has 1 aliphatic heterocycles. The maximum atomic E-state index is 4.24. The molecule has 0 aromatic carbocycles. The van der Waals surface area contributed by atoms with Gasteiger partial charge in [0, 0.05) is 22.8 Å². The molecule has 1 saturated carbocycles. The maximum Gasteiger partial charge on any atom is 0.0406 e. The van der Waals surface area contributed by atoms with E-state index in [1.54, 1.807) is 0 Å². The average Bonchev–Trinajstić information content (AvgIpc) is 2.89. The molecule has 1 heterocycles. The third-order valence-electron chi connectivity index (χ3n) is 2.81. The van der Waals surface area contributed by atoms with Crippen LogP contribution in [0.5, 0.6) is 0 Å². The van der Waals surface area contributed by atoms with Crippen LogP contribution in [0.1, 0.15) is 12.8 Å². The predicted octanol–water partition coefficient (Wildman–Crippen LogP) is 3.45. The second-order valence-corrected chi connectivity index (χ2v) is 4.55. The summed E-state index contributed by atoms with van der Waals surface area (Å²) < 4.78 is 1.03. The zero-order valence-corrected chi connectivity index (χ0v) is 9.00. The molecule has 0 amide bonds. The molecule has 1 aliphatic carbocycles. The second-order valence-electron chi connectivity index (χ2n) is 3.63. The monoisotopic (exact) mass is 237 g/mol. The first-order valence-electron chi connectivity index (χ1n) is 4.48. The first-order valence-corrected chi connectivity index (χ1v) is 5.27. The lowest BCUT2D eigenvalue weighted by Crippen LogP contribution is -2.11. The molecule has 1 unspecified atom stereocenters. The van der Waals surface area contributed by atoms with E-state index in [1.165, 1.54) is 12.8 Å². The number of rotatable bonds is 2. The lowest BCUT2D eigenvalue weighted by molar-refractivity contribution is 0.583. The summed E-state index contributed by atoms with van der Waals surface area (Å²) in [4.78, 5) is 4.24. The molecule has 0 N–H and O–H groups in total. The van der Waals surface area contributed by atoms with Crippen LogP contribution in [0.3, 0.4) is 0 Å². The van der Waals surface area contributed by atoms with E-state index in [0.717, 1.165) is 4.48 Å². The molecular weight excluding hydrogens is 226 g/mol. The van der Waals surface area contributed by atoms with Crippen LogP contribution in [0.15, 0.2) is 40.5 Å². The molecule has 0 bridgehead atoms. The van der Waals surface area contributed by atoms with Gasteiger partial charge >= 0.3 is 0 Å². The normalized spacial score (nSPS) is 29.3. The van der Waals surface area contributed by atoms with Gasteiger partial charge in [0.15, 0.2) is 0 Å². The lowest BCUT2D eigenvalue weighted by Gasteiger charge is -2.14. The highest BCUT2D eigenvalue weighted by Gasteiger charge is 2.44. The number of aliphatic imine (C=N–C) groups is 1. The van der Waals surface area contributed by atoms with Crippen molar-refractivity contribution in [2.45, 2.75) is 12.8 Å². The number of hydrogen-bond donors (Lipinski definition) is 0. The van der Waals surface area contributed by atoms with Gasteiger partial charge in [-0.1, -0.05) is 12.2 Å². The Bertz CT molecular complexity index is 308. The van der Waals surface area contributed by atoms with E-state index < -0.39 is 0 Å². The van der Waals surface area contributed by atoms with Crippen molar-refractivity contribution in [1.29, 1.82) is 0 Å². The average molecular weight is 238 g/mol. The minimum Gasteiger partial charge on any atom is -0.267 e. The quantitative estimate of drug-likeness (QED) is 0.653. The van der Waals surface area contributed by atoms with Crippen LogP contribution in [0.25, 0.3) is 0 Å². The molecule has 0 radical (unpaired) electrons. The van der Waals surface area contributed by atoms with E-state index >= 15 is 0 Å². The van der Waals surface area contributed by atoms with Gasteiger partial charge in [-0.3, -0.25) is 4.99 Å². The fourth-order valence-electron chi connectivity index (χ4n) is 1.65. The summed E-state index contributed by atoms with van der Waals surface area (Å²) in [6.07, 6.45) is 12.7. The van der Waals surface area contributed by atoms with Gasteiger partial charge in [-0.05, 0) is 40.3 Å². The molecular formula is C11H12BrN. The first-order chi connectivity index (χ1) is 6.27. The summed E-state index contributed by atoms with van der Waals surface area (Å²) in [5, 5.41) is 0. The largest absolute Gasteiger partial charge is 0.267 e. The van der Waals surface area contributed by atoms with Crippen LogP contribution in [0.2, 0.25) is 0 Å². The highest BCUT2D eigenvalue weighted by atomic mass is 79.9. The summed E-state index contributed by atoms with van der Waals surface area (Å²) in [6, 6.07) is 0. The van der Waals surface area contributed by atoms with E-state index in [0.29, 0.717) is 11.3 Å². The van der Waals surface area contributed by atoms with Crippen LogP contribution < -0.4 is 0 Å². The smallest absolute Gasteiger partial charge is 0.0406 e. The summed E-state index contributed by atoms with van der Waals surface area (Å²) in [5.74, 6) is 0.427. The number of halogens is 1. The van der Waals surface area contributed by atoms with Crippen LogP contribution >= 0.6 is 15.9 Å². The van der Waals surface area contributed by atoms with Crippen molar-refractivity contribution >= 4 is 22.1 Å². The Morgan fingerprint density at radius 3 is 3.00 bits per heavy atom. The molecule has 0 saturated heterocycles. The Kier molecular flexibility index (Phi) is 2.24. The van der Waals surface area contributed by atoms with Gasteiger partial charge in [-0.2, -0.15) is 0 Å². The SMILES string of the molecule is C=CC1(C2C=CC(Br)=CN=C2)CC1. The highest BCUT2D eigenvalue weighted by molar-refractivity contribution is 9.11. The fourth-order valence-corrected chi connectivity index (χ4v) is 1.92. The zero-order valence-electron chi connectivity index (χ0n) is 7.41. The highest BCUT2D eigenvalue weighted by Crippen LogP contribution is 2.53. The minimum absolute atomic E-state index is 0.311. The minimum atomic E-state index is 0.311. The molecule has 0 aromatic rings. The molecule has 1 atom stereocenters. The Morgan fingerprint density at radius 1 is 1.62 bits per heavy atom. The summed E-state index contributed by atoms with van der Waals surface area (Å²) in [6.45, 7) is 3.90. The summed E-state index contributed by atoms with van der Waals surface area (Å²) in [7, 11) is 0. The number of allylic oxidation sites excluding steroid dienone is 4. The predicted molar refractivity (Wildman–Crippen MR) is 60.0 cm³/mol. The Hall–Kier alpha value is -0.630. The Balaban J connectivity index is 2.19. The Labute approximate surface area is 87.1 Å². The summed E-state index contributed by atoms with van der Waals surface area (Å²) in [5.41, 5.74) is 0.311. The second kappa shape index (κ2) is 3.26. The van der Waals surface area contributed by atoms with Gasteiger partial charge < -0.3 is 0 Å². The molecule has 1 fully saturated rings. The molecule has 0 spiro atoms. The van der Waals surface area contributed by atoms with Crippen molar-refractivity contribution in [1.82, 2.24) is 0 Å². The van der Waals surface area contributed by atoms with Crippen LogP contribution in [-0.2, 0) is 0 Å². The molecule has 13 heavy (non-hydrogen) atoms. The molecule has 2 heteroatoms.